The number of anilines is 1. The first-order valence-corrected chi connectivity index (χ1v) is 5.32. The molecule has 1 aromatic rings. The Hall–Kier alpha value is -1.71. The van der Waals surface area contributed by atoms with Gasteiger partial charge in [0.15, 0.2) is 0 Å². The first-order chi connectivity index (χ1) is 7.59. The molecule has 1 aliphatic rings. The first kappa shape index (κ1) is 10.8. The molecule has 3 N–H and O–H groups in total. The van der Waals surface area contributed by atoms with E-state index >= 15 is 0 Å². The van der Waals surface area contributed by atoms with E-state index in [1.165, 1.54) is 0 Å². The van der Waals surface area contributed by atoms with E-state index in [0.29, 0.717) is 18.7 Å². The summed E-state index contributed by atoms with van der Waals surface area (Å²) in [6, 6.07) is 5.59. The predicted molar refractivity (Wildman–Crippen MR) is 60.3 cm³/mol. The molecular formula is C12H15NO3. The predicted octanol–water partition coefficient (Wildman–Crippen LogP) is 1.54. The van der Waals surface area contributed by atoms with Crippen LogP contribution >= 0.6 is 0 Å². The van der Waals surface area contributed by atoms with Crippen molar-refractivity contribution in [1.29, 1.82) is 0 Å². The van der Waals surface area contributed by atoms with Gasteiger partial charge < -0.3 is 15.6 Å². The SMILES string of the molecule is CC(C(=O)O)C1COc2c(N)cccc2C1. The highest BCUT2D eigenvalue weighted by Crippen LogP contribution is 2.34. The summed E-state index contributed by atoms with van der Waals surface area (Å²) in [5, 5.41) is 8.96. The molecule has 4 heteroatoms. The average molecular weight is 221 g/mol. The largest absolute Gasteiger partial charge is 0.491 e. The van der Waals surface area contributed by atoms with E-state index in [1.807, 2.05) is 12.1 Å². The van der Waals surface area contributed by atoms with Crippen molar-refractivity contribution >= 4 is 11.7 Å². The molecule has 2 rings (SSSR count). The summed E-state index contributed by atoms with van der Waals surface area (Å²) < 4.78 is 5.55. The Morgan fingerprint density at radius 1 is 1.62 bits per heavy atom. The third-order valence-electron chi connectivity index (χ3n) is 3.15. The maximum absolute atomic E-state index is 10.9. The number of carboxylic acids is 1. The number of rotatable bonds is 2. The van der Waals surface area contributed by atoms with Crippen LogP contribution in [0.5, 0.6) is 5.75 Å². The average Bonchev–Trinajstić information content (AvgIpc) is 2.28. The van der Waals surface area contributed by atoms with Crippen LogP contribution in [0.3, 0.4) is 0 Å². The number of fused-ring (bicyclic) bond motifs is 1. The summed E-state index contributed by atoms with van der Waals surface area (Å²) in [7, 11) is 0. The van der Waals surface area contributed by atoms with Gasteiger partial charge in [0.05, 0.1) is 18.2 Å². The summed E-state index contributed by atoms with van der Waals surface area (Å²) >= 11 is 0. The van der Waals surface area contributed by atoms with Gasteiger partial charge in [-0.05, 0) is 18.1 Å². The molecule has 1 heterocycles. The monoisotopic (exact) mass is 221 g/mol. The second kappa shape index (κ2) is 4.04. The zero-order chi connectivity index (χ0) is 11.7. The number of carbonyl (C=O) groups is 1. The fourth-order valence-corrected chi connectivity index (χ4v) is 2.00. The lowest BCUT2D eigenvalue weighted by Crippen LogP contribution is -2.31. The Balaban J connectivity index is 2.21. The van der Waals surface area contributed by atoms with Crippen molar-refractivity contribution in [3.05, 3.63) is 23.8 Å². The third kappa shape index (κ3) is 1.83. The molecule has 0 amide bonds. The number of para-hydroxylation sites is 1. The van der Waals surface area contributed by atoms with Gasteiger partial charge in [-0.3, -0.25) is 4.79 Å². The van der Waals surface area contributed by atoms with E-state index in [0.717, 1.165) is 11.3 Å². The summed E-state index contributed by atoms with van der Waals surface area (Å²) in [4.78, 5) is 10.9. The molecule has 16 heavy (non-hydrogen) atoms. The topological polar surface area (TPSA) is 72.5 Å². The van der Waals surface area contributed by atoms with E-state index < -0.39 is 11.9 Å². The maximum atomic E-state index is 10.9. The minimum Gasteiger partial charge on any atom is -0.491 e. The van der Waals surface area contributed by atoms with E-state index in [-0.39, 0.29) is 5.92 Å². The van der Waals surface area contributed by atoms with Crippen LogP contribution in [-0.2, 0) is 11.2 Å². The summed E-state index contributed by atoms with van der Waals surface area (Å²) in [6.45, 7) is 2.14. The molecule has 0 aromatic heterocycles. The highest BCUT2D eigenvalue weighted by molar-refractivity contribution is 5.70. The van der Waals surface area contributed by atoms with Crippen molar-refractivity contribution in [2.75, 3.05) is 12.3 Å². The molecule has 0 fully saturated rings. The molecule has 0 saturated carbocycles. The van der Waals surface area contributed by atoms with Gasteiger partial charge in [-0.15, -0.1) is 0 Å². The summed E-state index contributed by atoms with van der Waals surface area (Å²) in [5.74, 6) is -0.432. The van der Waals surface area contributed by atoms with Crippen LogP contribution in [0.25, 0.3) is 0 Å². The van der Waals surface area contributed by atoms with Gasteiger partial charge in [0.2, 0.25) is 0 Å². The fourth-order valence-electron chi connectivity index (χ4n) is 2.00. The summed E-state index contributed by atoms with van der Waals surface area (Å²) in [6.07, 6.45) is 0.716. The number of nitrogen functional groups attached to an aromatic ring is 1. The molecule has 0 aliphatic carbocycles. The zero-order valence-electron chi connectivity index (χ0n) is 9.14. The van der Waals surface area contributed by atoms with Gasteiger partial charge in [-0.25, -0.2) is 0 Å². The third-order valence-corrected chi connectivity index (χ3v) is 3.15. The summed E-state index contributed by atoms with van der Waals surface area (Å²) in [5.41, 5.74) is 7.41. The van der Waals surface area contributed by atoms with E-state index in [1.54, 1.807) is 13.0 Å². The zero-order valence-corrected chi connectivity index (χ0v) is 9.14. The number of benzene rings is 1. The lowest BCUT2D eigenvalue weighted by molar-refractivity contribution is -0.143. The smallest absolute Gasteiger partial charge is 0.306 e. The molecule has 0 radical (unpaired) electrons. The molecule has 0 bridgehead atoms. The lowest BCUT2D eigenvalue weighted by Gasteiger charge is -2.28. The second-order valence-corrected chi connectivity index (χ2v) is 4.24. The van der Waals surface area contributed by atoms with E-state index in [2.05, 4.69) is 0 Å². The fraction of sp³-hybridized carbons (Fsp3) is 0.417. The number of carboxylic acid groups (broad SMARTS) is 1. The van der Waals surface area contributed by atoms with Crippen LogP contribution < -0.4 is 10.5 Å². The Morgan fingerprint density at radius 3 is 3.06 bits per heavy atom. The van der Waals surface area contributed by atoms with Crippen molar-refractivity contribution in [1.82, 2.24) is 0 Å². The van der Waals surface area contributed by atoms with Gasteiger partial charge in [-0.2, -0.15) is 0 Å². The lowest BCUT2D eigenvalue weighted by atomic mass is 9.86. The van der Waals surface area contributed by atoms with Gasteiger partial charge in [-0.1, -0.05) is 19.1 Å². The molecule has 0 spiro atoms. The Morgan fingerprint density at radius 2 is 2.38 bits per heavy atom. The molecule has 4 nitrogen and oxygen atoms in total. The van der Waals surface area contributed by atoms with Crippen molar-refractivity contribution in [3.8, 4) is 5.75 Å². The van der Waals surface area contributed by atoms with Crippen LogP contribution in [0, 0.1) is 11.8 Å². The molecule has 86 valence electrons. The van der Waals surface area contributed by atoms with E-state index in [4.69, 9.17) is 15.6 Å². The van der Waals surface area contributed by atoms with Gasteiger partial charge in [0, 0.05) is 5.92 Å². The van der Waals surface area contributed by atoms with E-state index in [9.17, 15) is 4.79 Å². The number of ether oxygens (including phenoxy) is 1. The highest BCUT2D eigenvalue weighted by atomic mass is 16.5. The van der Waals surface area contributed by atoms with Gasteiger partial charge in [0.1, 0.15) is 5.75 Å². The van der Waals surface area contributed by atoms with Crippen molar-refractivity contribution in [2.24, 2.45) is 11.8 Å². The second-order valence-electron chi connectivity index (χ2n) is 4.24. The van der Waals surface area contributed by atoms with Crippen LogP contribution in [0.15, 0.2) is 18.2 Å². The molecule has 0 saturated heterocycles. The number of aliphatic carboxylic acids is 1. The Kier molecular flexibility index (Phi) is 2.73. The Bertz CT molecular complexity index is 417. The van der Waals surface area contributed by atoms with Crippen LogP contribution in [0.1, 0.15) is 12.5 Å². The number of hydrogen-bond donors (Lipinski definition) is 2. The minimum atomic E-state index is -0.777. The number of hydrogen-bond acceptors (Lipinski definition) is 3. The standard InChI is InChI=1S/C12H15NO3/c1-7(12(14)15)9-5-8-3-2-4-10(13)11(8)16-6-9/h2-4,7,9H,5-6,13H2,1H3,(H,14,15). The van der Waals surface area contributed by atoms with Crippen LogP contribution in [0.2, 0.25) is 0 Å². The molecule has 1 aromatic carbocycles. The highest BCUT2D eigenvalue weighted by Gasteiger charge is 2.29. The molecule has 2 atom stereocenters. The molecule has 1 aliphatic heterocycles. The van der Waals surface area contributed by atoms with Gasteiger partial charge in [0.25, 0.3) is 0 Å². The first-order valence-electron chi connectivity index (χ1n) is 5.32. The van der Waals surface area contributed by atoms with Crippen LogP contribution in [-0.4, -0.2) is 17.7 Å². The molecular weight excluding hydrogens is 206 g/mol. The normalized spacial score (nSPS) is 20.7. The van der Waals surface area contributed by atoms with Gasteiger partial charge >= 0.3 is 5.97 Å². The van der Waals surface area contributed by atoms with Crippen molar-refractivity contribution in [3.63, 3.8) is 0 Å². The Labute approximate surface area is 94.0 Å². The maximum Gasteiger partial charge on any atom is 0.306 e. The van der Waals surface area contributed by atoms with Crippen molar-refractivity contribution < 1.29 is 14.6 Å². The quantitative estimate of drug-likeness (QED) is 0.743. The minimum absolute atomic E-state index is 0.0202. The van der Waals surface area contributed by atoms with Crippen molar-refractivity contribution in [2.45, 2.75) is 13.3 Å². The van der Waals surface area contributed by atoms with Crippen LogP contribution in [0.4, 0.5) is 5.69 Å². The number of nitrogens with two attached hydrogens (primary N) is 1. The molecule has 2 unspecified atom stereocenters.